The Morgan fingerprint density at radius 2 is 1.70 bits per heavy atom. The van der Waals surface area contributed by atoms with E-state index < -0.39 is 0 Å². The molecule has 2 fully saturated rings. The van der Waals surface area contributed by atoms with Gasteiger partial charge in [-0.1, -0.05) is 40.0 Å². The zero-order valence-electron chi connectivity index (χ0n) is 13.5. The van der Waals surface area contributed by atoms with Crippen LogP contribution in [0.4, 0.5) is 0 Å². The number of nitrogens with one attached hydrogen (secondary N) is 1. The van der Waals surface area contributed by atoms with Gasteiger partial charge < -0.3 is 4.90 Å². The summed E-state index contributed by atoms with van der Waals surface area (Å²) >= 11 is 0. The molecule has 0 aromatic rings. The standard InChI is InChI=1S/C17H32N2O/c1-4-7-13-9-11-14(12-10-13)19-16(6-3)18-15(8-5-2)17(19)20/h13-16,18H,4-12H2,1-3H3. The Bertz CT molecular complexity index is 310. The largest absolute Gasteiger partial charge is 0.323 e. The van der Waals surface area contributed by atoms with E-state index in [0.717, 1.165) is 25.2 Å². The maximum Gasteiger partial charge on any atom is 0.241 e. The summed E-state index contributed by atoms with van der Waals surface area (Å²) < 4.78 is 0. The maximum absolute atomic E-state index is 12.6. The van der Waals surface area contributed by atoms with E-state index in [9.17, 15) is 4.79 Å². The van der Waals surface area contributed by atoms with Crippen LogP contribution in [0.2, 0.25) is 0 Å². The van der Waals surface area contributed by atoms with Gasteiger partial charge in [-0.05, 0) is 44.4 Å². The second-order valence-electron chi connectivity index (χ2n) is 6.64. The number of carbonyl (C=O) groups excluding carboxylic acids is 1. The van der Waals surface area contributed by atoms with Crippen LogP contribution in [0.1, 0.15) is 78.6 Å². The molecule has 1 N–H and O–H groups in total. The first-order valence-corrected chi connectivity index (χ1v) is 8.79. The van der Waals surface area contributed by atoms with Gasteiger partial charge in [-0.25, -0.2) is 0 Å². The lowest BCUT2D eigenvalue weighted by Crippen LogP contribution is -2.45. The summed E-state index contributed by atoms with van der Waals surface area (Å²) in [4.78, 5) is 14.8. The monoisotopic (exact) mass is 280 g/mol. The van der Waals surface area contributed by atoms with Crippen molar-refractivity contribution < 1.29 is 4.79 Å². The van der Waals surface area contributed by atoms with Crippen LogP contribution < -0.4 is 5.32 Å². The number of carbonyl (C=O) groups is 1. The molecule has 2 atom stereocenters. The molecule has 2 rings (SSSR count). The Balaban J connectivity index is 1.95. The molecule has 20 heavy (non-hydrogen) atoms. The van der Waals surface area contributed by atoms with Gasteiger partial charge in [0.2, 0.25) is 5.91 Å². The summed E-state index contributed by atoms with van der Waals surface area (Å²) in [6.45, 7) is 6.63. The van der Waals surface area contributed by atoms with E-state index in [1.807, 2.05) is 0 Å². The highest BCUT2D eigenvalue weighted by molar-refractivity contribution is 5.84. The maximum atomic E-state index is 12.6. The normalized spacial score (nSPS) is 34.8. The first-order valence-electron chi connectivity index (χ1n) is 8.79. The van der Waals surface area contributed by atoms with Crippen LogP contribution in [0.25, 0.3) is 0 Å². The zero-order chi connectivity index (χ0) is 14.5. The fourth-order valence-corrected chi connectivity index (χ4v) is 4.08. The predicted octanol–water partition coefficient (Wildman–Crippen LogP) is 3.68. The molecule has 0 aromatic carbocycles. The lowest BCUT2D eigenvalue weighted by Gasteiger charge is -2.37. The van der Waals surface area contributed by atoms with E-state index in [1.165, 1.54) is 38.5 Å². The highest BCUT2D eigenvalue weighted by Gasteiger charge is 2.41. The van der Waals surface area contributed by atoms with Gasteiger partial charge in [0, 0.05) is 6.04 Å². The van der Waals surface area contributed by atoms with Gasteiger partial charge in [0.1, 0.15) is 0 Å². The van der Waals surface area contributed by atoms with Crippen LogP contribution in [-0.2, 0) is 4.79 Å². The molecule has 1 heterocycles. The van der Waals surface area contributed by atoms with Gasteiger partial charge in [-0.2, -0.15) is 0 Å². The molecule has 1 saturated carbocycles. The first-order chi connectivity index (χ1) is 9.71. The number of rotatable bonds is 6. The summed E-state index contributed by atoms with van der Waals surface area (Å²) in [5, 5.41) is 3.55. The molecular formula is C17H32N2O. The number of amides is 1. The van der Waals surface area contributed by atoms with E-state index >= 15 is 0 Å². The van der Waals surface area contributed by atoms with Crippen molar-refractivity contribution in [2.45, 2.75) is 96.8 Å². The van der Waals surface area contributed by atoms with E-state index in [1.54, 1.807) is 0 Å². The zero-order valence-corrected chi connectivity index (χ0v) is 13.5. The molecule has 1 amide bonds. The summed E-state index contributed by atoms with van der Waals surface area (Å²) in [5.41, 5.74) is 0. The lowest BCUT2D eigenvalue weighted by molar-refractivity contribution is -0.133. The molecule has 2 unspecified atom stereocenters. The van der Waals surface area contributed by atoms with Crippen LogP contribution >= 0.6 is 0 Å². The smallest absolute Gasteiger partial charge is 0.241 e. The van der Waals surface area contributed by atoms with Crippen molar-refractivity contribution in [3.63, 3.8) is 0 Å². The quantitative estimate of drug-likeness (QED) is 0.805. The van der Waals surface area contributed by atoms with Crippen LogP contribution in [0.5, 0.6) is 0 Å². The summed E-state index contributed by atoms with van der Waals surface area (Å²) in [5.74, 6) is 1.28. The highest BCUT2D eigenvalue weighted by Crippen LogP contribution is 2.33. The van der Waals surface area contributed by atoms with Crippen molar-refractivity contribution >= 4 is 5.91 Å². The fraction of sp³-hybridized carbons (Fsp3) is 0.941. The SMILES string of the molecule is CCCC1CCC(N2C(=O)C(CCC)NC2CC)CC1. The van der Waals surface area contributed by atoms with Crippen molar-refractivity contribution in [1.29, 1.82) is 0 Å². The number of hydrogen-bond acceptors (Lipinski definition) is 2. The van der Waals surface area contributed by atoms with Crippen LogP contribution in [-0.4, -0.2) is 29.1 Å². The first kappa shape index (κ1) is 15.8. The molecular weight excluding hydrogens is 248 g/mol. The van der Waals surface area contributed by atoms with Gasteiger partial charge in [0.05, 0.1) is 12.2 Å². The highest BCUT2D eigenvalue weighted by atomic mass is 16.2. The summed E-state index contributed by atoms with van der Waals surface area (Å²) in [7, 11) is 0. The average Bonchev–Trinajstić information content (AvgIpc) is 2.77. The molecule has 116 valence electrons. The summed E-state index contributed by atoms with van der Waals surface area (Å²) in [6.07, 6.45) is 11.1. The van der Waals surface area contributed by atoms with E-state index in [4.69, 9.17) is 0 Å². The van der Waals surface area contributed by atoms with Gasteiger partial charge in [0.25, 0.3) is 0 Å². The Labute approximate surface area is 124 Å². The predicted molar refractivity (Wildman–Crippen MR) is 83.4 cm³/mol. The van der Waals surface area contributed by atoms with Crippen LogP contribution in [0.15, 0.2) is 0 Å². The van der Waals surface area contributed by atoms with Gasteiger partial charge in [-0.3, -0.25) is 10.1 Å². The average molecular weight is 280 g/mol. The molecule has 1 aliphatic heterocycles. The van der Waals surface area contributed by atoms with E-state index in [-0.39, 0.29) is 12.2 Å². The molecule has 0 spiro atoms. The third-order valence-electron chi connectivity index (χ3n) is 5.15. The second kappa shape index (κ2) is 7.44. The molecule has 3 heteroatoms. The topological polar surface area (TPSA) is 32.3 Å². The Morgan fingerprint density at radius 1 is 1.05 bits per heavy atom. The van der Waals surface area contributed by atoms with Gasteiger partial charge >= 0.3 is 0 Å². The second-order valence-corrected chi connectivity index (χ2v) is 6.64. The van der Waals surface area contributed by atoms with Crippen molar-refractivity contribution in [1.82, 2.24) is 10.2 Å². The molecule has 3 nitrogen and oxygen atoms in total. The lowest BCUT2D eigenvalue weighted by atomic mass is 9.83. The third-order valence-corrected chi connectivity index (χ3v) is 5.15. The van der Waals surface area contributed by atoms with Crippen molar-refractivity contribution in [3.05, 3.63) is 0 Å². The minimum atomic E-state index is 0.0818. The van der Waals surface area contributed by atoms with Crippen molar-refractivity contribution in [3.8, 4) is 0 Å². The molecule has 0 aromatic heterocycles. The van der Waals surface area contributed by atoms with Crippen LogP contribution in [0, 0.1) is 5.92 Å². The fourth-order valence-electron chi connectivity index (χ4n) is 4.08. The van der Waals surface area contributed by atoms with E-state index in [2.05, 4.69) is 31.0 Å². The minimum Gasteiger partial charge on any atom is -0.323 e. The molecule has 2 aliphatic rings. The Hall–Kier alpha value is -0.570. The van der Waals surface area contributed by atoms with Crippen molar-refractivity contribution in [2.24, 2.45) is 5.92 Å². The third kappa shape index (κ3) is 3.36. The summed E-state index contributed by atoms with van der Waals surface area (Å²) in [6, 6.07) is 0.577. The van der Waals surface area contributed by atoms with Crippen LogP contribution in [0.3, 0.4) is 0 Å². The molecule has 0 bridgehead atoms. The Kier molecular flexibility index (Phi) is 5.88. The number of hydrogen-bond donors (Lipinski definition) is 1. The van der Waals surface area contributed by atoms with E-state index in [0.29, 0.717) is 11.9 Å². The molecule has 0 radical (unpaired) electrons. The molecule has 1 aliphatic carbocycles. The minimum absolute atomic E-state index is 0.0818. The Morgan fingerprint density at radius 3 is 2.25 bits per heavy atom. The van der Waals surface area contributed by atoms with Gasteiger partial charge in [-0.15, -0.1) is 0 Å². The van der Waals surface area contributed by atoms with Crippen molar-refractivity contribution in [2.75, 3.05) is 0 Å². The molecule has 1 saturated heterocycles. The number of nitrogens with zero attached hydrogens (tertiary/aromatic N) is 1. The van der Waals surface area contributed by atoms with Gasteiger partial charge in [0.15, 0.2) is 0 Å².